The normalized spacial score (nSPS) is 12.2. The average Bonchev–Trinajstić information content (AvgIpc) is 2.67. The molecule has 0 aliphatic heterocycles. The number of carbonyl (C=O) groups excluding carboxylic acids is 2. The number of fused-ring (bicyclic) bond motifs is 1. The van der Waals surface area contributed by atoms with Gasteiger partial charge in [-0.3, -0.25) is 9.59 Å². The van der Waals surface area contributed by atoms with Crippen LogP contribution in [0.5, 0.6) is 0 Å². The predicted molar refractivity (Wildman–Crippen MR) is 117 cm³/mol. The van der Waals surface area contributed by atoms with Gasteiger partial charge in [-0.25, -0.2) is 4.79 Å². The van der Waals surface area contributed by atoms with E-state index in [-0.39, 0.29) is 5.56 Å². The molecule has 0 radical (unpaired) electrons. The van der Waals surface area contributed by atoms with Crippen LogP contribution in [0.2, 0.25) is 0 Å². The SMILES string of the molecule is CC(C)(C)OC(=O)NC(Cc1ccccc1)C(=O)Nc1ccc2cc[nH]c(=O)c2c1. The van der Waals surface area contributed by atoms with E-state index in [1.165, 1.54) is 0 Å². The number of aromatic nitrogens is 1. The molecule has 0 aliphatic carbocycles. The van der Waals surface area contributed by atoms with Gasteiger partial charge in [0.15, 0.2) is 0 Å². The van der Waals surface area contributed by atoms with Crippen molar-refractivity contribution in [1.29, 1.82) is 0 Å². The summed E-state index contributed by atoms with van der Waals surface area (Å²) >= 11 is 0. The van der Waals surface area contributed by atoms with Crippen LogP contribution >= 0.6 is 0 Å². The van der Waals surface area contributed by atoms with Crippen LogP contribution in [0.1, 0.15) is 26.3 Å². The van der Waals surface area contributed by atoms with E-state index in [1.54, 1.807) is 51.2 Å². The summed E-state index contributed by atoms with van der Waals surface area (Å²) in [5.74, 6) is -0.406. The Labute approximate surface area is 174 Å². The molecule has 3 aromatic rings. The maximum Gasteiger partial charge on any atom is 0.408 e. The van der Waals surface area contributed by atoms with Gasteiger partial charge in [0.1, 0.15) is 11.6 Å². The van der Waals surface area contributed by atoms with Gasteiger partial charge in [-0.2, -0.15) is 0 Å². The molecule has 0 aliphatic rings. The molecule has 0 fully saturated rings. The Morgan fingerprint density at radius 3 is 2.50 bits per heavy atom. The molecule has 7 heteroatoms. The second kappa shape index (κ2) is 8.82. The van der Waals surface area contributed by atoms with E-state index in [9.17, 15) is 14.4 Å². The third-order valence-corrected chi connectivity index (χ3v) is 4.33. The zero-order valence-electron chi connectivity index (χ0n) is 17.2. The molecule has 2 aromatic carbocycles. The summed E-state index contributed by atoms with van der Waals surface area (Å²) in [6.07, 6.45) is 1.19. The maximum atomic E-state index is 13.0. The van der Waals surface area contributed by atoms with Crippen molar-refractivity contribution in [3.8, 4) is 0 Å². The van der Waals surface area contributed by atoms with E-state index < -0.39 is 23.6 Å². The van der Waals surface area contributed by atoms with Crippen LogP contribution in [0.3, 0.4) is 0 Å². The predicted octanol–water partition coefficient (Wildman–Crippen LogP) is 3.60. The molecule has 1 aromatic heterocycles. The highest BCUT2D eigenvalue weighted by atomic mass is 16.6. The molecule has 3 rings (SSSR count). The first-order valence-corrected chi connectivity index (χ1v) is 9.67. The van der Waals surface area contributed by atoms with Gasteiger partial charge >= 0.3 is 6.09 Å². The van der Waals surface area contributed by atoms with E-state index in [4.69, 9.17) is 4.74 Å². The molecule has 0 saturated carbocycles. The number of aromatic amines is 1. The van der Waals surface area contributed by atoms with Crippen molar-refractivity contribution in [3.63, 3.8) is 0 Å². The minimum absolute atomic E-state index is 0.240. The number of nitrogens with one attached hydrogen (secondary N) is 3. The first kappa shape index (κ1) is 21.1. The zero-order valence-corrected chi connectivity index (χ0v) is 17.2. The van der Waals surface area contributed by atoms with Crippen LogP contribution in [0.4, 0.5) is 10.5 Å². The Morgan fingerprint density at radius 1 is 1.07 bits per heavy atom. The highest BCUT2D eigenvalue weighted by Gasteiger charge is 2.25. The molecule has 1 heterocycles. The molecule has 0 saturated heterocycles. The lowest BCUT2D eigenvalue weighted by atomic mass is 10.1. The third kappa shape index (κ3) is 5.70. The maximum absolute atomic E-state index is 13.0. The van der Waals surface area contributed by atoms with Gasteiger partial charge < -0.3 is 20.4 Å². The van der Waals surface area contributed by atoms with Crippen molar-refractivity contribution < 1.29 is 14.3 Å². The number of ether oxygens (including phenoxy) is 1. The molecule has 1 atom stereocenters. The highest BCUT2D eigenvalue weighted by molar-refractivity contribution is 5.98. The van der Waals surface area contributed by atoms with Crippen LogP contribution in [-0.2, 0) is 16.0 Å². The monoisotopic (exact) mass is 407 g/mol. The van der Waals surface area contributed by atoms with E-state index in [0.29, 0.717) is 17.5 Å². The average molecular weight is 407 g/mol. The number of pyridine rings is 1. The Balaban J connectivity index is 1.81. The number of hydrogen-bond acceptors (Lipinski definition) is 4. The number of amides is 2. The fraction of sp³-hybridized carbons (Fsp3) is 0.261. The molecule has 30 heavy (non-hydrogen) atoms. The molecule has 0 bridgehead atoms. The summed E-state index contributed by atoms with van der Waals surface area (Å²) in [5.41, 5.74) is 0.435. The third-order valence-electron chi connectivity index (χ3n) is 4.33. The highest BCUT2D eigenvalue weighted by Crippen LogP contribution is 2.16. The number of hydrogen-bond donors (Lipinski definition) is 3. The summed E-state index contributed by atoms with van der Waals surface area (Å²) in [6, 6.07) is 15.4. The summed E-state index contributed by atoms with van der Waals surface area (Å²) in [6.45, 7) is 5.27. The second-order valence-electron chi connectivity index (χ2n) is 7.99. The topological polar surface area (TPSA) is 100 Å². The minimum atomic E-state index is -0.855. The number of anilines is 1. The quantitative estimate of drug-likeness (QED) is 0.602. The number of H-pyrrole nitrogens is 1. The molecule has 156 valence electrons. The molecule has 2 amide bonds. The Bertz CT molecular complexity index is 1100. The van der Waals surface area contributed by atoms with Crippen LogP contribution in [-0.4, -0.2) is 28.6 Å². The standard InChI is InChI=1S/C23H25N3O4/c1-23(2,3)30-22(29)26-19(13-15-7-5-4-6-8-15)21(28)25-17-10-9-16-11-12-24-20(27)18(16)14-17/h4-12,14,19H,13H2,1-3H3,(H,24,27)(H,25,28)(H,26,29). The summed E-state index contributed by atoms with van der Waals surface area (Å²) in [5, 5.41) is 6.67. The summed E-state index contributed by atoms with van der Waals surface area (Å²) in [7, 11) is 0. The van der Waals surface area contributed by atoms with Crippen LogP contribution in [0.15, 0.2) is 65.6 Å². The first-order chi connectivity index (χ1) is 14.2. The van der Waals surface area contributed by atoms with E-state index >= 15 is 0 Å². The van der Waals surface area contributed by atoms with Gasteiger partial charge in [-0.05, 0) is 49.9 Å². The molecular formula is C23H25N3O4. The van der Waals surface area contributed by atoms with E-state index in [0.717, 1.165) is 10.9 Å². The molecule has 0 spiro atoms. The van der Waals surface area contributed by atoms with Crippen molar-refractivity contribution in [3.05, 3.63) is 76.7 Å². The van der Waals surface area contributed by atoms with Gasteiger partial charge in [-0.1, -0.05) is 36.4 Å². The summed E-state index contributed by atoms with van der Waals surface area (Å²) in [4.78, 5) is 39.9. The van der Waals surface area contributed by atoms with Gasteiger partial charge in [0.25, 0.3) is 5.56 Å². The minimum Gasteiger partial charge on any atom is -0.444 e. The van der Waals surface area contributed by atoms with Crippen LogP contribution < -0.4 is 16.2 Å². The molecule has 3 N–H and O–H groups in total. The number of carbonyl (C=O) groups is 2. The zero-order chi connectivity index (χ0) is 21.7. The van der Waals surface area contributed by atoms with Crippen molar-refractivity contribution in [2.75, 3.05) is 5.32 Å². The number of rotatable bonds is 5. The lowest BCUT2D eigenvalue weighted by molar-refractivity contribution is -0.118. The summed E-state index contributed by atoms with van der Waals surface area (Å²) < 4.78 is 5.30. The van der Waals surface area contributed by atoms with E-state index in [2.05, 4.69) is 15.6 Å². The fourth-order valence-corrected chi connectivity index (χ4v) is 3.00. The number of alkyl carbamates (subject to hydrolysis) is 1. The van der Waals surface area contributed by atoms with Crippen LogP contribution in [0, 0.1) is 0 Å². The lowest BCUT2D eigenvalue weighted by Gasteiger charge is -2.23. The van der Waals surface area contributed by atoms with Crippen molar-refractivity contribution >= 4 is 28.5 Å². The number of benzene rings is 2. The molecule has 1 unspecified atom stereocenters. The Kier molecular flexibility index (Phi) is 6.20. The van der Waals surface area contributed by atoms with Crippen LogP contribution in [0.25, 0.3) is 10.8 Å². The van der Waals surface area contributed by atoms with Gasteiger partial charge in [-0.15, -0.1) is 0 Å². The molecular weight excluding hydrogens is 382 g/mol. The fourth-order valence-electron chi connectivity index (χ4n) is 3.00. The lowest BCUT2D eigenvalue weighted by Crippen LogP contribution is -2.47. The van der Waals surface area contributed by atoms with Crippen molar-refractivity contribution in [2.24, 2.45) is 0 Å². The largest absolute Gasteiger partial charge is 0.444 e. The van der Waals surface area contributed by atoms with Gasteiger partial charge in [0.05, 0.1) is 0 Å². The van der Waals surface area contributed by atoms with Crippen molar-refractivity contribution in [1.82, 2.24) is 10.3 Å². The Hall–Kier alpha value is -3.61. The molecule has 7 nitrogen and oxygen atoms in total. The van der Waals surface area contributed by atoms with Crippen molar-refractivity contribution in [2.45, 2.75) is 38.8 Å². The van der Waals surface area contributed by atoms with Gasteiger partial charge in [0.2, 0.25) is 5.91 Å². The van der Waals surface area contributed by atoms with E-state index in [1.807, 2.05) is 30.3 Å². The second-order valence-corrected chi connectivity index (χ2v) is 7.99. The van der Waals surface area contributed by atoms with Gasteiger partial charge in [0, 0.05) is 23.7 Å². The smallest absolute Gasteiger partial charge is 0.408 e. The first-order valence-electron chi connectivity index (χ1n) is 9.67. The Morgan fingerprint density at radius 2 is 1.80 bits per heavy atom.